The van der Waals surface area contributed by atoms with Gasteiger partial charge in [-0.15, -0.1) is 0 Å². The number of allylic oxidation sites excluding steroid dienone is 3. The number of carbonyl (C=O) groups excluding carboxylic acids is 1. The summed E-state index contributed by atoms with van der Waals surface area (Å²) in [6, 6.07) is 1.92. The number of hydrogen-bond acceptors (Lipinski definition) is 6. The van der Waals surface area contributed by atoms with Crippen LogP contribution in [-0.4, -0.2) is 67.3 Å². The predicted octanol–water partition coefficient (Wildman–Crippen LogP) is 1.94. The fourth-order valence-electron chi connectivity index (χ4n) is 3.27. The predicted molar refractivity (Wildman–Crippen MR) is 117 cm³/mol. The molecule has 0 atom stereocenters. The third-order valence-corrected chi connectivity index (χ3v) is 5.86. The van der Waals surface area contributed by atoms with Gasteiger partial charge in [-0.05, 0) is 31.1 Å². The SMILES string of the molecule is C=C(/C=C(\C(F)=C/N)c1ncc(C)cc1C)N1CCN(C(=O)CCS(C)(=O)=O)CC1. The zero-order valence-electron chi connectivity index (χ0n) is 17.7. The summed E-state index contributed by atoms with van der Waals surface area (Å²) < 4.78 is 37.0. The van der Waals surface area contributed by atoms with Crippen LogP contribution < -0.4 is 5.73 Å². The summed E-state index contributed by atoms with van der Waals surface area (Å²) >= 11 is 0. The van der Waals surface area contributed by atoms with Gasteiger partial charge in [-0.3, -0.25) is 9.78 Å². The second-order valence-corrected chi connectivity index (χ2v) is 9.75. The Morgan fingerprint density at radius 3 is 2.40 bits per heavy atom. The highest BCUT2D eigenvalue weighted by Gasteiger charge is 2.23. The van der Waals surface area contributed by atoms with Crippen LogP contribution in [0, 0.1) is 13.8 Å². The van der Waals surface area contributed by atoms with Gasteiger partial charge < -0.3 is 15.5 Å². The van der Waals surface area contributed by atoms with Crippen molar-refractivity contribution in [2.75, 3.05) is 38.2 Å². The summed E-state index contributed by atoms with van der Waals surface area (Å²) in [4.78, 5) is 20.2. The molecule has 0 aromatic carbocycles. The van der Waals surface area contributed by atoms with Gasteiger partial charge in [0.2, 0.25) is 5.91 Å². The molecule has 7 nitrogen and oxygen atoms in total. The molecular formula is C21H29FN4O3S. The van der Waals surface area contributed by atoms with Gasteiger partial charge in [-0.2, -0.15) is 0 Å². The van der Waals surface area contributed by atoms with E-state index in [2.05, 4.69) is 11.6 Å². The number of amides is 1. The molecule has 1 aliphatic heterocycles. The van der Waals surface area contributed by atoms with E-state index in [4.69, 9.17) is 5.73 Å². The van der Waals surface area contributed by atoms with Crippen LogP contribution in [-0.2, 0) is 14.6 Å². The summed E-state index contributed by atoms with van der Waals surface area (Å²) in [7, 11) is -3.18. The van der Waals surface area contributed by atoms with E-state index >= 15 is 0 Å². The highest BCUT2D eigenvalue weighted by Crippen LogP contribution is 2.27. The first-order chi connectivity index (χ1) is 14.0. The van der Waals surface area contributed by atoms with Crippen molar-refractivity contribution >= 4 is 21.3 Å². The van der Waals surface area contributed by atoms with Crippen LogP contribution in [0.1, 0.15) is 23.2 Å². The van der Waals surface area contributed by atoms with Gasteiger partial charge in [-0.1, -0.05) is 12.6 Å². The van der Waals surface area contributed by atoms with Crippen LogP contribution >= 0.6 is 0 Å². The van der Waals surface area contributed by atoms with Crippen LogP contribution in [0.15, 0.2) is 42.6 Å². The zero-order valence-corrected chi connectivity index (χ0v) is 18.5. The van der Waals surface area contributed by atoms with Gasteiger partial charge in [-0.25, -0.2) is 12.8 Å². The van der Waals surface area contributed by atoms with Crippen molar-refractivity contribution in [2.24, 2.45) is 5.73 Å². The fraction of sp³-hybridized carbons (Fsp3) is 0.429. The first-order valence-corrected chi connectivity index (χ1v) is 11.7. The minimum absolute atomic E-state index is 0.0191. The Balaban J connectivity index is 2.10. The third-order valence-electron chi connectivity index (χ3n) is 4.91. The molecule has 0 bridgehead atoms. The number of halogens is 1. The topological polar surface area (TPSA) is 96.6 Å². The maximum atomic E-state index is 14.5. The molecule has 2 heterocycles. The van der Waals surface area contributed by atoms with Gasteiger partial charge >= 0.3 is 0 Å². The highest BCUT2D eigenvalue weighted by molar-refractivity contribution is 7.90. The Morgan fingerprint density at radius 2 is 1.87 bits per heavy atom. The number of pyridine rings is 1. The second kappa shape index (κ2) is 9.88. The van der Waals surface area contributed by atoms with E-state index in [1.54, 1.807) is 17.2 Å². The Hall–Kier alpha value is -2.68. The molecule has 9 heteroatoms. The fourth-order valence-corrected chi connectivity index (χ4v) is 3.81. The van der Waals surface area contributed by atoms with Gasteiger partial charge in [0.15, 0.2) is 0 Å². The maximum Gasteiger partial charge on any atom is 0.223 e. The summed E-state index contributed by atoms with van der Waals surface area (Å²) in [5.41, 5.74) is 8.56. The van der Waals surface area contributed by atoms with E-state index in [0.29, 0.717) is 37.6 Å². The lowest BCUT2D eigenvalue weighted by Crippen LogP contribution is -2.48. The molecular weight excluding hydrogens is 407 g/mol. The monoisotopic (exact) mass is 436 g/mol. The number of piperazine rings is 1. The highest BCUT2D eigenvalue weighted by atomic mass is 32.2. The van der Waals surface area contributed by atoms with E-state index < -0.39 is 15.7 Å². The van der Waals surface area contributed by atoms with Crippen LogP contribution in [0.5, 0.6) is 0 Å². The quantitative estimate of drug-likeness (QED) is 0.656. The van der Waals surface area contributed by atoms with Crippen molar-refractivity contribution in [3.05, 3.63) is 59.5 Å². The molecule has 2 N–H and O–H groups in total. The lowest BCUT2D eigenvalue weighted by Gasteiger charge is -2.36. The molecule has 0 spiro atoms. The number of carbonyl (C=O) groups is 1. The van der Waals surface area contributed by atoms with E-state index in [0.717, 1.165) is 23.6 Å². The van der Waals surface area contributed by atoms with Gasteiger partial charge in [0.05, 0.1) is 11.4 Å². The van der Waals surface area contributed by atoms with Crippen LogP contribution in [0.4, 0.5) is 4.39 Å². The van der Waals surface area contributed by atoms with Gasteiger partial charge in [0, 0.05) is 62.5 Å². The number of rotatable bonds is 7. The van der Waals surface area contributed by atoms with Gasteiger partial charge in [0.1, 0.15) is 15.7 Å². The molecule has 1 amide bonds. The van der Waals surface area contributed by atoms with Crippen molar-refractivity contribution in [2.45, 2.75) is 20.3 Å². The zero-order chi connectivity index (χ0) is 22.5. The normalized spacial score (nSPS) is 16.0. The Kier molecular flexibility index (Phi) is 7.77. The molecule has 0 unspecified atom stereocenters. The Morgan fingerprint density at radius 1 is 1.27 bits per heavy atom. The molecule has 164 valence electrons. The molecule has 1 aromatic rings. The molecule has 1 aromatic heterocycles. The summed E-state index contributed by atoms with van der Waals surface area (Å²) in [5, 5.41) is 0. The van der Waals surface area contributed by atoms with Gasteiger partial charge in [0.25, 0.3) is 0 Å². The average molecular weight is 437 g/mol. The van der Waals surface area contributed by atoms with E-state index in [9.17, 15) is 17.6 Å². The van der Waals surface area contributed by atoms with Crippen molar-refractivity contribution in [3.63, 3.8) is 0 Å². The number of aryl methyl sites for hydroxylation is 2. The van der Waals surface area contributed by atoms with E-state index in [1.807, 2.05) is 24.8 Å². The molecule has 0 saturated carbocycles. The van der Waals surface area contributed by atoms with Crippen molar-refractivity contribution < 1.29 is 17.6 Å². The molecule has 0 radical (unpaired) electrons. The summed E-state index contributed by atoms with van der Waals surface area (Å²) in [6.45, 7) is 9.75. The van der Waals surface area contributed by atoms with Crippen LogP contribution in [0.3, 0.4) is 0 Å². The molecule has 1 aliphatic rings. The number of aromatic nitrogens is 1. The van der Waals surface area contributed by atoms with Crippen molar-refractivity contribution in [1.29, 1.82) is 0 Å². The summed E-state index contributed by atoms with van der Waals surface area (Å²) in [6.07, 6.45) is 5.28. The largest absolute Gasteiger partial charge is 0.402 e. The lowest BCUT2D eigenvalue weighted by molar-refractivity contribution is -0.132. The second-order valence-electron chi connectivity index (χ2n) is 7.49. The molecule has 1 fully saturated rings. The van der Waals surface area contributed by atoms with Crippen LogP contribution in [0.25, 0.3) is 5.57 Å². The minimum Gasteiger partial charge on any atom is -0.402 e. The molecule has 0 aliphatic carbocycles. The summed E-state index contributed by atoms with van der Waals surface area (Å²) in [5.74, 6) is -0.929. The standard InChI is InChI=1S/C21H29FN4O3S/c1-15-11-16(2)21(24-14-15)18(19(22)13-23)12-17(3)25-6-8-26(9-7-25)20(27)5-10-30(4,28)29/h11-14H,3,5-10,23H2,1-2,4H3/b18-12+,19-13+. The van der Waals surface area contributed by atoms with Crippen LogP contribution in [0.2, 0.25) is 0 Å². The average Bonchev–Trinajstić information content (AvgIpc) is 2.69. The smallest absolute Gasteiger partial charge is 0.223 e. The van der Waals surface area contributed by atoms with Crippen molar-refractivity contribution in [1.82, 2.24) is 14.8 Å². The number of sulfone groups is 1. The molecule has 30 heavy (non-hydrogen) atoms. The molecule has 2 rings (SSSR count). The van der Waals surface area contributed by atoms with Crippen molar-refractivity contribution in [3.8, 4) is 0 Å². The lowest BCUT2D eigenvalue weighted by atomic mass is 10.0. The minimum atomic E-state index is -3.18. The Bertz CT molecular complexity index is 978. The number of nitrogens with zero attached hydrogens (tertiary/aromatic N) is 3. The van der Waals surface area contributed by atoms with E-state index in [1.165, 1.54) is 0 Å². The third kappa shape index (κ3) is 6.41. The maximum absolute atomic E-state index is 14.5. The first kappa shape index (κ1) is 23.6. The number of nitrogens with two attached hydrogens (primary N) is 1. The number of hydrogen-bond donors (Lipinski definition) is 1. The molecule has 1 saturated heterocycles. The first-order valence-electron chi connectivity index (χ1n) is 9.64. The Labute approximate surface area is 177 Å². The van der Waals surface area contributed by atoms with E-state index in [-0.39, 0.29) is 23.7 Å².